The highest BCUT2D eigenvalue weighted by Crippen LogP contribution is 2.73. The molecule has 0 unspecified atom stereocenters. The third-order valence-electron chi connectivity index (χ3n) is 8.46. The Morgan fingerprint density at radius 1 is 0.789 bits per heavy atom. The van der Waals surface area contributed by atoms with E-state index in [1.807, 2.05) is 24.3 Å². The minimum Gasteiger partial charge on any atom is -0.449 e. The molecule has 2 bridgehead atoms. The van der Waals surface area contributed by atoms with Gasteiger partial charge < -0.3 is 14.9 Å². The molecule has 3 aromatic carbocycles. The highest BCUT2D eigenvalue weighted by Gasteiger charge is 2.72. The van der Waals surface area contributed by atoms with Crippen molar-refractivity contribution in [2.45, 2.75) is 25.2 Å². The maximum absolute atomic E-state index is 12.8. The van der Waals surface area contributed by atoms with E-state index in [0.29, 0.717) is 30.9 Å². The number of fused-ring (bicyclic) bond motifs is 4. The third-order valence-corrected chi connectivity index (χ3v) is 8.46. The van der Waals surface area contributed by atoms with Crippen molar-refractivity contribution in [2.75, 3.05) is 13.2 Å². The SMILES string of the molecule is O=C(NCC12CC(C(=O)ON3C(=O)c4ccccc4C3=O)(C1)C2)OCC1c2ccccc2-c2ccccc21. The average Bonchev–Trinajstić information content (AvgIpc) is 3.33. The van der Waals surface area contributed by atoms with Crippen LogP contribution in [0.4, 0.5) is 4.79 Å². The zero-order chi connectivity index (χ0) is 26.1. The summed E-state index contributed by atoms with van der Waals surface area (Å²) in [5.74, 6) is -1.84. The fourth-order valence-electron chi connectivity index (χ4n) is 6.74. The lowest BCUT2D eigenvalue weighted by Crippen LogP contribution is -2.69. The summed E-state index contributed by atoms with van der Waals surface area (Å²) in [5, 5.41) is 3.42. The fraction of sp³-hybridized carbons (Fsp3) is 0.267. The van der Waals surface area contributed by atoms with Gasteiger partial charge in [-0.05, 0) is 59.1 Å². The maximum atomic E-state index is 12.8. The van der Waals surface area contributed by atoms with Crippen molar-refractivity contribution < 1.29 is 28.8 Å². The number of ether oxygens (including phenoxy) is 1. The third kappa shape index (κ3) is 3.22. The number of nitrogens with zero attached hydrogens (tertiary/aromatic N) is 1. The summed E-state index contributed by atoms with van der Waals surface area (Å²) < 4.78 is 5.61. The second-order valence-corrected chi connectivity index (χ2v) is 10.8. The van der Waals surface area contributed by atoms with Gasteiger partial charge in [-0.1, -0.05) is 65.7 Å². The Hall–Kier alpha value is -4.46. The summed E-state index contributed by atoms with van der Waals surface area (Å²) in [5.41, 5.74) is 4.20. The van der Waals surface area contributed by atoms with E-state index in [1.165, 1.54) is 23.3 Å². The largest absolute Gasteiger partial charge is 0.449 e. The second kappa shape index (κ2) is 8.02. The zero-order valence-corrected chi connectivity index (χ0v) is 20.4. The molecule has 0 spiro atoms. The summed E-state index contributed by atoms with van der Waals surface area (Å²) in [6, 6.07) is 22.7. The highest BCUT2D eigenvalue weighted by atomic mass is 16.7. The first-order valence-electron chi connectivity index (χ1n) is 12.7. The van der Waals surface area contributed by atoms with Crippen molar-refractivity contribution in [1.82, 2.24) is 10.4 Å². The van der Waals surface area contributed by atoms with E-state index in [4.69, 9.17) is 9.57 Å². The molecule has 3 aromatic rings. The lowest BCUT2D eigenvalue weighted by atomic mass is 9.35. The van der Waals surface area contributed by atoms with Gasteiger partial charge in [-0.2, -0.15) is 0 Å². The number of carbonyl (C=O) groups excluding carboxylic acids is 4. The van der Waals surface area contributed by atoms with Gasteiger partial charge in [-0.15, -0.1) is 0 Å². The van der Waals surface area contributed by atoms with Crippen LogP contribution in [-0.4, -0.2) is 42.1 Å². The standard InChI is InChI=1S/C30H24N2O6/c33-25-22-11-5-6-12-23(22)26(34)32(25)38-27(35)30-14-29(15-30,16-30)17-31-28(36)37-13-24-20-9-3-1-7-18(20)19-8-2-4-10-21(19)24/h1-12,24H,13-17H2,(H,31,36). The van der Waals surface area contributed by atoms with Crippen LogP contribution in [0.1, 0.15) is 57.0 Å². The van der Waals surface area contributed by atoms with Crippen LogP contribution >= 0.6 is 0 Å². The molecule has 190 valence electrons. The number of rotatable bonds is 6. The van der Waals surface area contributed by atoms with Crippen molar-refractivity contribution in [3.8, 4) is 11.1 Å². The number of amides is 3. The quantitative estimate of drug-likeness (QED) is 0.494. The predicted octanol–water partition coefficient (Wildman–Crippen LogP) is 4.45. The minimum absolute atomic E-state index is 0.0108. The molecule has 0 saturated heterocycles. The second-order valence-electron chi connectivity index (χ2n) is 10.8. The monoisotopic (exact) mass is 508 g/mol. The molecular weight excluding hydrogens is 484 g/mol. The molecule has 3 saturated carbocycles. The molecule has 5 aliphatic rings. The maximum Gasteiger partial charge on any atom is 0.407 e. The van der Waals surface area contributed by atoms with Crippen molar-refractivity contribution in [1.29, 1.82) is 0 Å². The molecule has 8 rings (SSSR count). The van der Waals surface area contributed by atoms with Crippen LogP contribution in [0.5, 0.6) is 0 Å². The van der Waals surface area contributed by atoms with Gasteiger partial charge in [-0.3, -0.25) is 9.59 Å². The molecule has 0 radical (unpaired) electrons. The number of hydrogen-bond acceptors (Lipinski definition) is 6. The molecule has 1 aliphatic heterocycles. The first kappa shape index (κ1) is 22.7. The first-order valence-corrected chi connectivity index (χ1v) is 12.7. The minimum atomic E-state index is -0.710. The van der Waals surface area contributed by atoms with Gasteiger partial charge >= 0.3 is 12.1 Å². The van der Waals surface area contributed by atoms with Crippen molar-refractivity contribution in [3.05, 3.63) is 95.1 Å². The lowest BCUT2D eigenvalue weighted by Gasteiger charge is -2.68. The molecule has 8 heteroatoms. The molecule has 38 heavy (non-hydrogen) atoms. The molecule has 8 nitrogen and oxygen atoms in total. The number of hydroxylamine groups is 2. The van der Waals surface area contributed by atoms with Gasteiger partial charge in [-0.25, -0.2) is 9.59 Å². The van der Waals surface area contributed by atoms with Gasteiger partial charge in [0, 0.05) is 12.5 Å². The van der Waals surface area contributed by atoms with E-state index >= 15 is 0 Å². The van der Waals surface area contributed by atoms with Crippen LogP contribution in [-0.2, 0) is 14.4 Å². The van der Waals surface area contributed by atoms with Crippen molar-refractivity contribution in [2.24, 2.45) is 10.8 Å². The topological polar surface area (TPSA) is 102 Å². The van der Waals surface area contributed by atoms with Crippen LogP contribution in [0, 0.1) is 10.8 Å². The van der Waals surface area contributed by atoms with Crippen LogP contribution in [0.3, 0.4) is 0 Å². The Bertz CT molecular complexity index is 1440. The first-order chi connectivity index (χ1) is 18.4. The Kier molecular flexibility index (Phi) is 4.79. The normalized spacial score (nSPS) is 24.1. The van der Waals surface area contributed by atoms with E-state index in [-0.39, 0.29) is 29.1 Å². The Morgan fingerprint density at radius 2 is 1.29 bits per heavy atom. The van der Waals surface area contributed by atoms with E-state index in [0.717, 1.165) is 11.1 Å². The van der Waals surface area contributed by atoms with Crippen LogP contribution < -0.4 is 5.32 Å². The molecule has 3 amide bonds. The van der Waals surface area contributed by atoms with Crippen molar-refractivity contribution in [3.63, 3.8) is 0 Å². The summed E-state index contributed by atoms with van der Waals surface area (Å²) in [6.07, 6.45) is 1.11. The lowest BCUT2D eigenvalue weighted by molar-refractivity contribution is -0.241. The molecule has 0 atom stereocenters. The van der Waals surface area contributed by atoms with E-state index in [9.17, 15) is 19.2 Å². The number of imide groups is 1. The predicted molar refractivity (Wildman–Crippen MR) is 135 cm³/mol. The average molecular weight is 509 g/mol. The molecule has 1 heterocycles. The van der Waals surface area contributed by atoms with E-state index in [2.05, 4.69) is 29.6 Å². The number of alkyl carbamates (subject to hydrolysis) is 1. The fourth-order valence-corrected chi connectivity index (χ4v) is 6.74. The van der Waals surface area contributed by atoms with Crippen LogP contribution in [0.2, 0.25) is 0 Å². The summed E-state index contributed by atoms with van der Waals surface area (Å²) in [4.78, 5) is 55.6. The number of nitrogens with one attached hydrogen (secondary N) is 1. The number of benzene rings is 3. The van der Waals surface area contributed by atoms with Crippen LogP contribution in [0.15, 0.2) is 72.8 Å². The summed E-state index contributed by atoms with van der Waals surface area (Å²) in [6.45, 7) is 0.634. The highest BCUT2D eigenvalue weighted by molar-refractivity contribution is 6.21. The summed E-state index contributed by atoms with van der Waals surface area (Å²) in [7, 11) is 0. The Labute approximate surface area is 218 Å². The number of carbonyl (C=O) groups is 4. The zero-order valence-electron chi connectivity index (χ0n) is 20.4. The van der Waals surface area contributed by atoms with E-state index in [1.54, 1.807) is 12.1 Å². The van der Waals surface area contributed by atoms with Crippen molar-refractivity contribution >= 4 is 23.9 Å². The Morgan fingerprint density at radius 3 is 1.84 bits per heavy atom. The molecule has 0 aromatic heterocycles. The van der Waals surface area contributed by atoms with Gasteiger partial charge in [0.15, 0.2) is 0 Å². The van der Waals surface area contributed by atoms with Gasteiger partial charge in [0.05, 0.1) is 16.5 Å². The smallest absolute Gasteiger partial charge is 0.407 e. The van der Waals surface area contributed by atoms with Crippen LogP contribution in [0.25, 0.3) is 11.1 Å². The van der Waals surface area contributed by atoms with E-state index < -0.39 is 29.3 Å². The molecule has 4 aliphatic carbocycles. The molecule has 1 N–H and O–H groups in total. The van der Waals surface area contributed by atoms with Gasteiger partial charge in [0.1, 0.15) is 6.61 Å². The molecule has 3 fully saturated rings. The summed E-state index contributed by atoms with van der Waals surface area (Å²) >= 11 is 0. The Balaban J connectivity index is 0.914. The van der Waals surface area contributed by atoms with Gasteiger partial charge in [0.2, 0.25) is 0 Å². The van der Waals surface area contributed by atoms with Gasteiger partial charge in [0.25, 0.3) is 11.8 Å². The molecular formula is C30H24N2O6. The number of hydrogen-bond donors (Lipinski definition) is 1.